The van der Waals surface area contributed by atoms with Gasteiger partial charge in [0.05, 0.1) is 11.6 Å². The molecule has 0 amide bonds. The molecule has 0 aliphatic heterocycles. The van der Waals surface area contributed by atoms with E-state index in [-0.39, 0.29) is 11.7 Å². The van der Waals surface area contributed by atoms with Crippen molar-refractivity contribution in [2.45, 2.75) is 5.92 Å². The normalized spacial score (nSPS) is 12.0. The first-order valence-corrected chi connectivity index (χ1v) is 7.08. The summed E-state index contributed by atoms with van der Waals surface area (Å²) in [6, 6.07) is 20.8. The van der Waals surface area contributed by atoms with Crippen LogP contribution in [0.3, 0.4) is 0 Å². The van der Waals surface area contributed by atoms with E-state index in [0.717, 1.165) is 16.8 Å². The fraction of sp³-hybridized carbons (Fsp3) is 0.0556. The number of hydrogen-bond donors (Lipinski definition) is 1. The molecule has 1 aromatic heterocycles. The molecule has 1 atom stereocenters. The Morgan fingerprint density at radius 2 is 1.57 bits per heavy atom. The van der Waals surface area contributed by atoms with E-state index in [1.165, 1.54) is 0 Å². The van der Waals surface area contributed by atoms with Crippen LogP contribution < -0.4 is 0 Å². The number of nitrogens with zero attached hydrogens (tertiary/aromatic N) is 1. The lowest BCUT2D eigenvalue weighted by Gasteiger charge is -2.18. The van der Waals surface area contributed by atoms with Gasteiger partial charge in [-0.15, -0.1) is 0 Å². The van der Waals surface area contributed by atoms with Crippen LogP contribution in [0, 0.1) is 0 Å². The maximum Gasteiger partial charge on any atom is 0.119 e. The van der Waals surface area contributed by atoms with E-state index in [2.05, 4.69) is 4.98 Å². The Balaban J connectivity index is 2.16. The first-order valence-electron chi connectivity index (χ1n) is 6.70. The fourth-order valence-corrected chi connectivity index (χ4v) is 2.57. The van der Waals surface area contributed by atoms with Gasteiger partial charge >= 0.3 is 0 Å². The van der Waals surface area contributed by atoms with Gasteiger partial charge in [0.15, 0.2) is 0 Å². The summed E-state index contributed by atoms with van der Waals surface area (Å²) in [5.74, 6) is 0.146. The van der Waals surface area contributed by atoms with Crippen LogP contribution in [0.25, 0.3) is 0 Å². The molecule has 2 nitrogen and oxygen atoms in total. The van der Waals surface area contributed by atoms with Gasteiger partial charge in [0, 0.05) is 16.8 Å². The number of aromatic nitrogens is 1. The summed E-state index contributed by atoms with van der Waals surface area (Å²) >= 11 is 5.97. The summed E-state index contributed by atoms with van der Waals surface area (Å²) < 4.78 is 0. The van der Waals surface area contributed by atoms with E-state index >= 15 is 0 Å². The second-order valence-corrected chi connectivity index (χ2v) is 5.23. The van der Waals surface area contributed by atoms with Crippen LogP contribution in [0.2, 0.25) is 5.02 Å². The molecule has 0 spiro atoms. The van der Waals surface area contributed by atoms with Crippen molar-refractivity contribution >= 4 is 11.6 Å². The third-order valence-electron chi connectivity index (χ3n) is 3.43. The molecule has 0 bridgehead atoms. The van der Waals surface area contributed by atoms with Gasteiger partial charge in [-0.1, -0.05) is 48.0 Å². The van der Waals surface area contributed by atoms with Crippen molar-refractivity contribution in [3.05, 3.63) is 94.8 Å². The number of halogens is 1. The standard InChI is InChI=1S/C18H14ClNO/c19-14-10-8-13(9-11-14)18(16-6-3-4-12-20-16)15-5-1-2-7-17(15)21/h1-12,18,21H. The maximum absolute atomic E-state index is 10.2. The number of para-hydroxylation sites is 1. The zero-order valence-electron chi connectivity index (χ0n) is 11.3. The van der Waals surface area contributed by atoms with E-state index in [1.807, 2.05) is 60.7 Å². The molecule has 3 heteroatoms. The molecule has 2 aromatic carbocycles. The van der Waals surface area contributed by atoms with Gasteiger partial charge in [0.2, 0.25) is 0 Å². The van der Waals surface area contributed by atoms with Crippen molar-refractivity contribution in [1.29, 1.82) is 0 Å². The van der Waals surface area contributed by atoms with Crippen molar-refractivity contribution in [2.24, 2.45) is 0 Å². The van der Waals surface area contributed by atoms with Crippen molar-refractivity contribution in [2.75, 3.05) is 0 Å². The van der Waals surface area contributed by atoms with Gasteiger partial charge in [0.1, 0.15) is 5.75 Å². The molecule has 3 aromatic rings. The Morgan fingerprint density at radius 3 is 2.24 bits per heavy atom. The highest BCUT2D eigenvalue weighted by Gasteiger charge is 2.20. The molecule has 0 aliphatic carbocycles. The SMILES string of the molecule is Oc1ccccc1C(c1ccc(Cl)cc1)c1ccccn1. The molecule has 0 fully saturated rings. The van der Waals surface area contributed by atoms with Crippen LogP contribution in [-0.4, -0.2) is 10.1 Å². The van der Waals surface area contributed by atoms with Gasteiger partial charge in [0.25, 0.3) is 0 Å². The molecule has 0 saturated heterocycles. The molecule has 21 heavy (non-hydrogen) atoms. The molecule has 1 heterocycles. The zero-order chi connectivity index (χ0) is 14.7. The number of benzene rings is 2. The lowest BCUT2D eigenvalue weighted by atomic mass is 9.87. The third kappa shape index (κ3) is 2.91. The van der Waals surface area contributed by atoms with E-state index < -0.39 is 0 Å². The number of phenols is 1. The third-order valence-corrected chi connectivity index (χ3v) is 3.69. The van der Waals surface area contributed by atoms with Crippen LogP contribution in [0.4, 0.5) is 0 Å². The summed E-state index contributed by atoms with van der Waals surface area (Å²) in [6.45, 7) is 0. The molecule has 104 valence electrons. The van der Waals surface area contributed by atoms with Crippen LogP contribution in [0.1, 0.15) is 22.7 Å². The highest BCUT2D eigenvalue weighted by Crippen LogP contribution is 2.35. The van der Waals surface area contributed by atoms with Crippen LogP contribution in [-0.2, 0) is 0 Å². The predicted molar refractivity (Wildman–Crippen MR) is 84.7 cm³/mol. The average molecular weight is 296 g/mol. The number of aromatic hydroxyl groups is 1. The van der Waals surface area contributed by atoms with E-state index in [0.29, 0.717) is 5.02 Å². The highest BCUT2D eigenvalue weighted by atomic mass is 35.5. The molecule has 0 radical (unpaired) electrons. The number of phenolic OH excluding ortho intramolecular Hbond substituents is 1. The van der Waals surface area contributed by atoms with Gasteiger partial charge < -0.3 is 5.11 Å². The summed E-state index contributed by atoms with van der Waals surface area (Å²) in [5.41, 5.74) is 2.76. The Bertz CT molecular complexity index is 726. The summed E-state index contributed by atoms with van der Waals surface area (Å²) in [4.78, 5) is 4.45. The maximum atomic E-state index is 10.2. The topological polar surface area (TPSA) is 33.1 Å². The molecular formula is C18H14ClNO. The van der Waals surface area contributed by atoms with E-state index in [1.54, 1.807) is 12.3 Å². The van der Waals surface area contributed by atoms with Crippen molar-refractivity contribution < 1.29 is 5.11 Å². The lowest BCUT2D eigenvalue weighted by molar-refractivity contribution is 0.467. The van der Waals surface area contributed by atoms with E-state index in [9.17, 15) is 5.11 Å². The van der Waals surface area contributed by atoms with Gasteiger partial charge in [-0.3, -0.25) is 4.98 Å². The van der Waals surface area contributed by atoms with Gasteiger partial charge in [-0.2, -0.15) is 0 Å². The minimum absolute atomic E-state index is 0.121. The molecule has 0 aliphatic rings. The fourth-order valence-electron chi connectivity index (χ4n) is 2.44. The first-order chi connectivity index (χ1) is 10.3. The Morgan fingerprint density at radius 1 is 0.857 bits per heavy atom. The summed E-state index contributed by atoms with van der Waals surface area (Å²) in [5, 5.41) is 10.9. The molecule has 1 unspecified atom stereocenters. The lowest BCUT2D eigenvalue weighted by Crippen LogP contribution is -2.05. The molecular weight excluding hydrogens is 282 g/mol. The highest BCUT2D eigenvalue weighted by molar-refractivity contribution is 6.30. The first kappa shape index (κ1) is 13.7. The number of pyridine rings is 1. The quantitative estimate of drug-likeness (QED) is 0.765. The van der Waals surface area contributed by atoms with Crippen molar-refractivity contribution in [3.63, 3.8) is 0 Å². The van der Waals surface area contributed by atoms with Crippen molar-refractivity contribution in [1.82, 2.24) is 4.98 Å². The number of hydrogen-bond acceptors (Lipinski definition) is 2. The van der Waals surface area contributed by atoms with Crippen LogP contribution in [0.5, 0.6) is 5.75 Å². The van der Waals surface area contributed by atoms with Crippen LogP contribution in [0.15, 0.2) is 72.9 Å². The molecule has 3 rings (SSSR count). The minimum atomic E-state index is -0.121. The Kier molecular flexibility index (Phi) is 3.89. The Labute approximate surface area is 128 Å². The largest absolute Gasteiger partial charge is 0.508 e. The zero-order valence-corrected chi connectivity index (χ0v) is 12.0. The monoisotopic (exact) mass is 295 g/mol. The summed E-state index contributed by atoms with van der Waals surface area (Å²) in [7, 11) is 0. The van der Waals surface area contributed by atoms with Gasteiger partial charge in [-0.25, -0.2) is 0 Å². The second-order valence-electron chi connectivity index (χ2n) is 4.80. The predicted octanol–water partition coefficient (Wildman–Crippen LogP) is 4.62. The molecule has 0 saturated carbocycles. The van der Waals surface area contributed by atoms with E-state index in [4.69, 9.17) is 11.6 Å². The number of rotatable bonds is 3. The molecule has 1 N–H and O–H groups in total. The minimum Gasteiger partial charge on any atom is -0.508 e. The average Bonchev–Trinajstić information content (AvgIpc) is 2.52. The van der Waals surface area contributed by atoms with Gasteiger partial charge in [-0.05, 0) is 35.9 Å². The Hall–Kier alpha value is -2.32. The van der Waals surface area contributed by atoms with Crippen LogP contribution >= 0.6 is 11.6 Å². The second kappa shape index (κ2) is 5.98. The van der Waals surface area contributed by atoms with Crippen molar-refractivity contribution in [3.8, 4) is 5.75 Å². The smallest absolute Gasteiger partial charge is 0.119 e. The summed E-state index contributed by atoms with van der Waals surface area (Å²) in [6.07, 6.45) is 1.76.